The lowest BCUT2D eigenvalue weighted by atomic mass is 9.90. The van der Waals surface area contributed by atoms with E-state index in [1.54, 1.807) is 24.0 Å². The van der Waals surface area contributed by atoms with Crippen LogP contribution < -0.4 is 4.74 Å². The maximum atomic E-state index is 12.7. The molecule has 1 fully saturated rings. The van der Waals surface area contributed by atoms with E-state index in [0.717, 1.165) is 0 Å². The number of rotatable bonds is 4. The van der Waals surface area contributed by atoms with Gasteiger partial charge >= 0.3 is 6.18 Å². The van der Waals surface area contributed by atoms with Crippen LogP contribution in [0.15, 0.2) is 29.5 Å². The number of carbonyl (C=O) groups is 1. The Kier molecular flexibility index (Phi) is 4.96. The van der Waals surface area contributed by atoms with Gasteiger partial charge in [-0.2, -0.15) is 13.2 Å². The lowest BCUT2D eigenvalue weighted by molar-refractivity contribution is -0.154. The van der Waals surface area contributed by atoms with Crippen molar-refractivity contribution in [2.24, 2.45) is 16.8 Å². The summed E-state index contributed by atoms with van der Waals surface area (Å²) in [5, 5.41) is 0.408. The molecule has 2 aliphatic heterocycles. The van der Waals surface area contributed by atoms with Crippen molar-refractivity contribution in [1.29, 1.82) is 0 Å². The molecule has 1 aromatic heterocycles. The van der Waals surface area contributed by atoms with E-state index in [1.807, 2.05) is 6.92 Å². The number of alkyl halides is 3. The highest BCUT2D eigenvalue weighted by molar-refractivity contribution is 6.66. The van der Waals surface area contributed by atoms with Crippen molar-refractivity contribution in [1.82, 2.24) is 9.88 Å². The fourth-order valence-corrected chi connectivity index (χ4v) is 3.68. The number of pyridine rings is 1. The number of aryl methyl sites for hydroxylation is 1. The van der Waals surface area contributed by atoms with E-state index in [1.165, 1.54) is 12.4 Å². The minimum atomic E-state index is -4.42. The molecule has 2 aliphatic rings. The maximum absolute atomic E-state index is 12.7. The topological polar surface area (TPSA) is 54.8 Å². The van der Waals surface area contributed by atoms with Gasteiger partial charge in [-0.05, 0) is 25.5 Å². The molecule has 3 heterocycles. The molecule has 3 unspecified atom stereocenters. The highest BCUT2D eigenvalue weighted by Gasteiger charge is 2.47. The number of aliphatic imine (C=N–C) groups is 1. The molecule has 5 nitrogen and oxygen atoms in total. The number of hydrogen-bond acceptors (Lipinski definition) is 4. The average molecular weight is 388 g/mol. The molecule has 0 spiro atoms. The summed E-state index contributed by atoms with van der Waals surface area (Å²) in [4.78, 5) is 22.4. The van der Waals surface area contributed by atoms with E-state index in [0.29, 0.717) is 22.8 Å². The molecule has 26 heavy (non-hydrogen) atoms. The molecule has 1 aromatic rings. The second kappa shape index (κ2) is 6.90. The first-order chi connectivity index (χ1) is 12.2. The number of aromatic nitrogens is 1. The van der Waals surface area contributed by atoms with Crippen molar-refractivity contribution in [2.75, 3.05) is 6.61 Å². The van der Waals surface area contributed by atoms with E-state index in [2.05, 4.69) is 9.98 Å². The first kappa shape index (κ1) is 18.7. The van der Waals surface area contributed by atoms with Gasteiger partial charge < -0.3 is 9.64 Å². The van der Waals surface area contributed by atoms with Gasteiger partial charge in [-0.25, -0.2) is 9.98 Å². The lowest BCUT2D eigenvalue weighted by Crippen LogP contribution is -2.33. The highest BCUT2D eigenvalue weighted by atomic mass is 35.5. The number of nitrogens with zero attached hydrogens (tertiary/aromatic N) is 3. The molecule has 0 bridgehead atoms. The minimum absolute atomic E-state index is 0.0538. The molecule has 0 radical (unpaired) electrons. The van der Waals surface area contributed by atoms with Crippen LogP contribution in [0.5, 0.6) is 5.88 Å². The van der Waals surface area contributed by atoms with E-state index in [-0.39, 0.29) is 29.7 Å². The van der Waals surface area contributed by atoms with E-state index >= 15 is 0 Å². The standard InChI is InChI=1S/C17H17ClF3N3O2/c1-9-5-11(6-23-15(9)26-8-17(19,20)21)7-24-10(2)13-12(16(24)25)3-4-22-14(13)18/h3-6,10,12-13H,7-8H2,1-2H3. The van der Waals surface area contributed by atoms with E-state index in [4.69, 9.17) is 16.3 Å². The van der Waals surface area contributed by atoms with Crippen LogP contribution >= 0.6 is 11.6 Å². The zero-order valence-corrected chi connectivity index (χ0v) is 14.9. The molecule has 1 saturated heterocycles. The van der Waals surface area contributed by atoms with Gasteiger partial charge in [0.05, 0.1) is 5.92 Å². The molecule has 0 aliphatic carbocycles. The third-order valence-electron chi connectivity index (χ3n) is 4.55. The summed E-state index contributed by atoms with van der Waals surface area (Å²) >= 11 is 6.16. The van der Waals surface area contributed by atoms with Crippen molar-refractivity contribution < 1.29 is 22.7 Å². The van der Waals surface area contributed by atoms with Crippen molar-refractivity contribution in [3.8, 4) is 5.88 Å². The van der Waals surface area contributed by atoms with Gasteiger partial charge in [-0.1, -0.05) is 17.7 Å². The normalized spacial score (nSPS) is 25.3. The zero-order chi connectivity index (χ0) is 19.1. The van der Waals surface area contributed by atoms with Crippen LogP contribution in [0, 0.1) is 18.8 Å². The summed E-state index contributed by atoms with van der Waals surface area (Å²) in [6.07, 6.45) is 0.282. The Morgan fingerprint density at radius 3 is 2.73 bits per heavy atom. The number of fused-ring (bicyclic) bond motifs is 1. The monoisotopic (exact) mass is 387 g/mol. The van der Waals surface area contributed by atoms with Crippen LogP contribution in [-0.4, -0.2) is 39.8 Å². The van der Waals surface area contributed by atoms with E-state index < -0.39 is 12.8 Å². The molecular formula is C17H17ClF3N3O2. The predicted molar refractivity (Wildman–Crippen MR) is 89.9 cm³/mol. The predicted octanol–water partition coefficient (Wildman–Crippen LogP) is 3.46. The number of hydrogen-bond donors (Lipinski definition) is 0. The Morgan fingerprint density at radius 2 is 2.12 bits per heavy atom. The molecule has 0 N–H and O–H groups in total. The van der Waals surface area contributed by atoms with Gasteiger partial charge in [0.1, 0.15) is 5.17 Å². The van der Waals surface area contributed by atoms with Gasteiger partial charge in [0.2, 0.25) is 11.8 Å². The summed E-state index contributed by atoms with van der Waals surface area (Å²) in [7, 11) is 0. The summed E-state index contributed by atoms with van der Waals surface area (Å²) in [6.45, 7) is 2.41. The Labute approximate surface area is 153 Å². The second-order valence-corrected chi connectivity index (χ2v) is 6.81. The SMILES string of the molecule is Cc1cc(CN2C(=O)C3C=CN=C(Cl)C3C2C)cnc1OCC(F)(F)F. The Hall–Kier alpha value is -2.09. The number of amides is 1. The second-order valence-electron chi connectivity index (χ2n) is 6.42. The first-order valence-corrected chi connectivity index (χ1v) is 8.40. The van der Waals surface area contributed by atoms with Crippen LogP contribution in [0.3, 0.4) is 0 Å². The van der Waals surface area contributed by atoms with Gasteiger partial charge in [-0.15, -0.1) is 0 Å². The van der Waals surface area contributed by atoms with Crippen LogP contribution in [0.4, 0.5) is 13.2 Å². The van der Waals surface area contributed by atoms with Crippen LogP contribution in [0.25, 0.3) is 0 Å². The Morgan fingerprint density at radius 1 is 1.38 bits per heavy atom. The lowest BCUT2D eigenvalue weighted by Gasteiger charge is -2.24. The summed E-state index contributed by atoms with van der Waals surface area (Å²) in [6, 6.07) is 1.53. The van der Waals surface area contributed by atoms with Crippen molar-refractivity contribution in [3.63, 3.8) is 0 Å². The third kappa shape index (κ3) is 3.70. The number of ether oxygens (including phenoxy) is 1. The molecule has 9 heteroatoms. The summed E-state index contributed by atoms with van der Waals surface area (Å²) < 4.78 is 41.5. The fourth-order valence-electron chi connectivity index (χ4n) is 3.31. The van der Waals surface area contributed by atoms with Crippen molar-refractivity contribution in [2.45, 2.75) is 32.6 Å². The smallest absolute Gasteiger partial charge is 0.422 e. The molecule has 0 aromatic carbocycles. The Balaban J connectivity index is 1.73. The molecule has 1 amide bonds. The van der Waals surface area contributed by atoms with Crippen LogP contribution in [0.2, 0.25) is 0 Å². The summed E-state index contributed by atoms with van der Waals surface area (Å²) in [5.74, 6) is -0.642. The largest absolute Gasteiger partial charge is 0.468 e. The quantitative estimate of drug-likeness (QED) is 0.795. The molecular weight excluding hydrogens is 371 g/mol. The molecule has 140 valence electrons. The third-order valence-corrected chi connectivity index (χ3v) is 4.89. The van der Waals surface area contributed by atoms with E-state index in [9.17, 15) is 18.0 Å². The maximum Gasteiger partial charge on any atom is 0.422 e. The number of likely N-dealkylation sites (tertiary alicyclic amines) is 1. The van der Waals surface area contributed by atoms with Gasteiger partial charge in [0.25, 0.3) is 0 Å². The number of carbonyl (C=O) groups excluding carboxylic acids is 1. The number of halogens is 4. The fraction of sp³-hybridized carbons (Fsp3) is 0.471. The highest BCUT2D eigenvalue weighted by Crippen LogP contribution is 2.37. The van der Waals surface area contributed by atoms with Gasteiger partial charge in [0.15, 0.2) is 6.61 Å². The van der Waals surface area contributed by atoms with Gasteiger partial charge in [0, 0.05) is 36.5 Å². The van der Waals surface area contributed by atoms with Gasteiger partial charge in [-0.3, -0.25) is 4.79 Å². The zero-order valence-electron chi connectivity index (χ0n) is 14.1. The van der Waals surface area contributed by atoms with Crippen molar-refractivity contribution in [3.05, 3.63) is 35.7 Å². The molecule has 3 atom stereocenters. The van der Waals surface area contributed by atoms with Crippen LogP contribution in [-0.2, 0) is 11.3 Å². The summed E-state index contributed by atoms with van der Waals surface area (Å²) in [5.41, 5.74) is 1.18. The first-order valence-electron chi connectivity index (χ1n) is 8.03. The molecule has 0 saturated carbocycles. The average Bonchev–Trinajstić information content (AvgIpc) is 2.79. The van der Waals surface area contributed by atoms with Crippen molar-refractivity contribution >= 4 is 22.7 Å². The Bertz CT molecular complexity index is 779. The van der Waals surface area contributed by atoms with Crippen LogP contribution in [0.1, 0.15) is 18.1 Å². The molecule has 3 rings (SSSR count). The minimum Gasteiger partial charge on any atom is -0.468 e.